The fraction of sp³-hybridized carbons (Fsp3) is 0.571. The SMILES string of the molecule is CCNCc1cc(Cl)ccc1N(C)C(C)CSC. The lowest BCUT2D eigenvalue weighted by Gasteiger charge is -2.29. The van der Waals surface area contributed by atoms with Crippen LogP contribution < -0.4 is 10.2 Å². The number of rotatable bonds is 7. The van der Waals surface area contributed by atoms with Crippen molar-refractivity contribution in [1.82, 2.24) is 5.32 Å². The van der Waals surface area contributed by atoms with Gasteiger partial charge in [-0.15, -0.1) is 0 Å². The second-order valence-corrected chi connectivity index (χ2v) is 5.82. The number of hydrogen-bond acceptors (Lipinski definition) is 3. The van der Waals surface area contributed by atoms with Gasteiger partial charge in [0.1, 0.15) is 0 Å². The van der Waals surface area contributed by atoms with E-state index in [0.717, 1.165) is 23.9 Å². The molecule has 0 fully saturated rings. The van der Waals surface area contributed by atoms with Crippen molar-refractivity contribution in [3.63, 3.8) is 0 Å². The lowest BCUT2D eigenvalue weighted by Crippen LogP contribution is -2.32. The molecule has 0 aliphatic heterocycles. The van der Waals surface area contributed by atoms with Crippen LogP contribution in [0, 0.1) is 0 Å². The van der Waals surface area contributed by atoms with E-state index in [2.05, 4.69) is 49.5 Å². The van der Waals surface area contributed by atoms with E-state index in [9.17, 15) is 0 Å². The van der Waals surface area contributed by atoms with Crippen molar-refractivity contribution in [2.24, 2.45) is 0 Å². The predicted molar refractivity (Wildman–Crippen MR) is 85.1 cm³/mol. The zero-order chi connectivity index (χ0) is 13.5. The van der Waals surface area contributed by atoms with Gasteiger partial charge in [0.25, 0.3) is 0 Å². The number of nitrogens with zero attached hydrogens (tertiary/aromatic N) is 1. The second-order valence-electron chi connectivity index (χ2n) is 4.47. The van der Waals surface area contributed by atoms with E-state index >= 15 is 0 Å². The van der Waals surface area contributed by atoms with Crippen molar-refractivity contribution in [1.29, 1.82) is 0 Å². The molecule has 0 spiro atoms. The Morgan fingerprint density at radius 1 is 1.44 bits per heavy atom. The number of halogens is 1. The van der Waals surface area contributed by atoms with Gasteiger partial charge >= 0.3 is 0 Å². The van der Waals surface area contributed by atoms with Crippen molar-refractivity contribution in [2.45, 2.75) is 26.4 Å². The van der Waals surface area contributed by atoms with E-state index in [4.69, 9.17) is 11.6 Å². The lowest BCUT2D eigenvalue weighted by atomic mass is 10.1. The van der Waals surface area contributed by atoms with Crippen molar-refractivity contribution in [3.8, 4) is 0 Å². The van der Waals surface area contributed by atoms with Gasteiger partial charge in [-0.1, -0.05) is 18.5 Å². The van der Waals surface area contributed by atoms with E-state index in [1.165, 1.54) is 11.3 Å². The molecule has 102 valence electrons. The van der Waals surface area contributed by atoms with Crippen molar-refractivity contribution < 1.29 is 0 Å². The van der Waals surface area contributed by atoms with Crippen LogP contribution in [0.3, 0.4) is 0 Å². The van der Waals surface area contributed by atoms with Crippen LogP contribution in [-0.2, 0) is 6.54 Å². The molecule has 4 heteroatoms. The van der Waals surface area contributed by atoms with Crippen LogP contribution in [0.25, 0.3) is 0 Å². The average molecular weight is 287 g/mol. The maximum absolute atomic E-state index is 6.09. The summed E-state index contributed by atoms with van der Waals surface area (Å²) in [4.78, 5) is 2.33. The first-order valence-electron chi connectivity index (χ1n) is 6.31. The molecule has 1 rings (SSSR count). The summed E-state index contributed by atoms with van der Waals surface area (Å²) < 4.78 is 0. The highest BCUT2D eigenvalue weighted by atomic mass is 35.5. The van der Waals surface area contributed by atoms with Gasteiger partial charge in [-0.05, 0) is 43.5 Å². The molecule has 1 N–H and O–H groups in total. The first-order chi connectivity index (χ1) is 8.60. The summed E-state index contributed by atoms with van der Waals surface area (Å²) in [6.45, 7) is 6.20. The fourth-order valence-corrected chi connectivity index (χ4v) is 2.79. The first-order valence-corrected chi connectivity index (χ1v) is 8.08. The lowest BCUT2D eigenvalue weighted by molar-refractivity contribution is 0.712. The van der Waals surface area contributed by atoms with Crippen LogP contribution in [0.2, 0.25) is 5.02 Å². The molecule has 18 heavy (non-hydrogen) atoms. The molecule has 0 amide bonds. The van der Waals surface area contributed by atoms with Gasteiger partial charge in [-0.25, -0.2) is 0 Å². The van der Waals surface area contributed by atoms with Gasteiger partial charge < -0.3 is 10.2 Å². The third kappa shape index (κ3) is 4.38. The summed E-state index contributed by atoms with van der Waals surface area (Å²) in [5.41, 5.74) is 2.53. The van der Waals surface area contributed by atoms with Gasteiger partial charge in [0, 0.05) is 36.1 Å². The van der Waals surface area contributed by atoms with Crippen LogP contribution in [-0.4, -0.2) is 31.6 Å². The molecule has 0 aliphatic carbocycles. The van der Waals surface area contributed by atoms with Crippen LogP contribution in [0.4, 0.5) is 5.69 Å². The standard InChI is InChI=1S/C14H23ClN2S/c1-5-16-9-12-8-13(15)6-7-14(12)17(3)11(2)10-18-4/h6-8,11,16H,5,9-10H2,1-4H3. The summed E-state index contributed by atoms with van der Waals surface area (Å²) in [5.74, 6) is 1.12. The number of anilines is 1. The minimum atomic E-state index is 0.515. The Kier molecular flexibility index (Phi) is 6.90. The molecule has 0 heterocycles. The molecule has 1 atom stereocenters. The Bertz CT molecular complexity index is 371. The van der Waals surface area contributed by atoms with Crippen molar-refractivity contribution in [3.05, 3.63) is 28.8 Å². The minimum absolute atomic E-state index is 0.515. The number of nitrogens with one attached hydrogen (secondary N) is 1. The van der Waals surface area contributed by atoms with E-state index in [1.807, 2.05) is 17.8 Å². The molecule has 0 saturated heterocycles. The molecule has 0 radical (unpaired) electrons. The third-order valence-corrected chi connectivity index (χ3v) is 4.11. The quantitative estimate of drug-likeness (QED) is 0.824. The van der Waals surface area contributed by atoms with Gasteiger partial charge in [0.05, 0.1) is 0 Å². The molecule has 0 saturated carbocycles. The number of benzene rings is 1. The van der Waals surface area contributed by atoms with E-state index in [1.54, 1.807) is 0 Å². The Morgan fingerprint density at radius 3 is 2.78 bits per heavy atom. The molecule has 0 bridgehead atoms. The summed E-state index contributed by atoms with van der Waals surface area (Å²) in [5, 5.41) is 4.17. The molecule has 2 nitrogen and oxygen atoms in total. The van der Waals surface area contributed by atoms with Crippen LogP contribution >= 0.6 is 23.4 Å². The Labute approximate surface area is 120 Å². The molecule has 0 aromatic heterocycles. The molecule has 1 aromatic rings. The topological polar surface area (TPSA) is 15.3 Å². The molecule has 1 unspecified atom stereocenters. The summed E-state index contributed by atoms with van der Waals surface area (Å²) in [6, 6.07) is 6.66. The smallest absolute Gasteiger partial charge is 0.0412 e. The van der Waals surface area contributed by atoms with E-state index in [0.29, 0.717) is 6.04 Å². The minimum Gasteiger partial charge on any atom is -0.371 e. The zero-order valence-corrected chi connectivity index (χ0v) is 13.2. The maximum Gasteiger partial charge on any atom is 0.0412 e. The summed E-state index contributed by atoms with van der Waals surface area (Å²) >= 11 is 7.97. The van der Waals surface area contributed by atoms with Crippen molar-refractivity contribution in [2.75, 3.05) is 30.5 Å². The summed E-state index contributed by atoms with van der Waals surface area (Å²) in [6.07, 6.45) is 2.14. The molecular formula is C14H23ClN2S. The normalized spacial score (nSPS) is 12.5. The Balaban J connectivity index is 2.91. The zero-order valence-electron chi connectivity index (χ0n) is 11.7. The highest BCUT2D eigenvalue weighted by molar-refractivity contribution is 7.98. The molecule has 0 aliphatic rings. The first kappa shape index (κ1) is 15.7. The highest BCUT2D eigenvalue weighted by Gasteiger charge is 2.13. The fourth-order valence-electron chi connectivity index (χ4n) is 1.89. The maximum atomic E-state index is 6.09. The predicted octanol–water partition coefficient (Wildman–Crippen LogP) is 3.64. The largest absolute Gasteiger partial charge is 0.371 e. The second kappa shape index (κ2) is 7.93. The van der Waals surface area contributed by atoms with Crippen LogP contribution in [0.5, 0.6) is 0 Å². The summed E-state index contributed by atoms with van der Waals surface area (Å²) in [7, 11) is 2.15. The average Bonchev–Trinajstić information content (AvgIpc) is 2.36. The van der Waals surface area contributed by atoms with Gasteiger partial charge in [0.15, 0.2) is 0 Å². The monoisotopic (exact) mass is 286 g/mol. The Hall–Kier alpha value is -0.380. The van der Waals surface area contributed by atoms with Gasteiger partial charge in [0.2, 0.25) is 0 Å². The number of hydrogen-bond donors (Lipinski definition) is 1. The van der Waals surface area contributed by atoms with Crippen molar-refractivity contribution >= 4 is 29.1 Å². The van der Waals surface area contributed by atoms with E-state index < -0.39 is 0 Å². The molecular weight excluding hydrogens is 264 g/mol. The highest BCUT2D eigenvalue weighted by Crippen LogP contribution is 2.25. The van der Waals surface area contributed by atoms with Crippen LogP contribution in [0.1, 0.15) is 19.4 Å². The number of thioether (sulfide) groups is 1. The molecule has 1 aromatic carbocycles. The third-order valence-electron chi connectivity index (χ3n) is 3.06. The van der Waals surface area contributed by atoms with Gasteiger partial charge in [-0.3, -0.25) is 0 Å². The Morgan fingerprint density at radius 2 is 2.17 bits per heavy atom. The van der Waals surface area contributed by atoms with Crippen LogP contribution in [0.15, 0.2) is 18.2 Å². The van der Waals surface area contributed by atoms with E-state index in [-0.39, 0.29) is 0 Å². The van der Waals surface area contributed by atoms with Gasteiger partial charge in [-0.2, -0.15) is 11.8 Å².